The Labute approximate surface area is 124 Å². The van der Waals surface area contributed by atoms with Crippen molar-refractivity contribution in [2.45, 2.75) is 20.8 Å². The smallest absolute Gasteiger partial charge is 0.269 e. The van der Waals surface area contributed by atoms with Crippen molar-refractivity contribution in [2.24, 2.45) is 16.5 Å². The van der Waals surface area contributed by atoms with E-state index >= 15 is 0 Å². The lowest BCUT2D eigenvalue weighted by molar-refractivity contribution is -0.384. The monoisotopic (exact) mass is 316 g/mol. The van der Waals surface area contributed by atoms with Gasteiger partial charge in [0, 0.05) is 18.1 Å². The van der Waals surface area contributed by atoms with Crippen molar-refractivity contribution in [3.63, 3.8) is 0 Å². The Hall–Kier alpha value is -1.67. The van der Waals surface area contributed by atoms with Crippen LogP contribution in [0.2, 0.25) is 0 Å². The molecule has 0 aliphatic rings. The SMILES string of the molecule is CC(C)(C)C(COc1ccc([N+](=O)[O-])cc1)CS(N)(=O)=O. The van der Waals surface area contributed by atoms with Crippen molar-refractivity contribution in [1.29, 1.82) is 0 Å². The van der Waals surface area contributed by atoms with Crippen LogP contribution in [-0.2, 0) is 10.0 Å². The van der Waals surface area contributed by atoms with Gasteiger partial charge in [-0.3, -0.25) is 10.1 Å². The van der Waals surface area contributed by atoms with E-state index in [4.69, 9.17) is 9.88 Å². The predicted molar refractivity (Wildman–Crippen MR) is 79.5 cm³/mol. The Morgan fingerprint density at radius 1 is 1.29 bits per heavy atom. The number of nitrogens with zero attached hydrogens (tertiary/aromatic N) is 1. The number of nitro benzene ring substituents is 1. The third kappa shape index (κ3) is 6.09. The minimum atomic E-state index is -3.60. The Morgan fingerprint density at radius 3 is 2.19 bits per heavy atom. The molecule has 118 valence electrons. The van der Waals surface area contributed by atoms with E-state index in [0.29, 0.717) is 5.75 Å². The first-order chi connectivity index (χ1) is 9.49. The van der Waals surface area contributed by atoms with Crippen molar-refractivity contribution >= 4 is 15.7 Å². The van der Waals surface area contributed by atoms with Crippen molar-refractivity contribution < 1.29 is 18.1 Å². The highest BCUT2D eigenvalue weighted by Crippen LogP contribution is 2.28. The quantitative estimate of drug-likeness (QED) is 0.636. The fraction of sp³-hybridized carbons (Fsp3) is 0.538. The predicted octanol–water partition coefficient (Wildman–Crippen LogP) is 1.92. The summed E-state index contributed by atoms with van der Waals surface area (Å²) in [5, 5.41) is 15.6. The van der Waals surface area contributed by atoms with Crippen LogP contribution in [0.3, 0.4) is 0 Å². The zero-order valence-electron chi connectivity index (χ0n) is 12.3. The molecule has 0 aromatic heterocycles. The van der Waals surface area contributed by atoms with Crippen LogP contribution in [0.5, 0.6) is 5.75 Å². The molecule has 1 atom stereocenters. The standard InChI is InChI=1S/C13H20N2O5S/c1-13(2,3)10(9-21(14,18)19)8-20-12-6-4-11(5-7-12)15(16)17/h4-7,10H,8-9H2,1-3H3,(H2,14,18,19). The molecule has 0 heterocycles. The second-order valence-electron chi connectivity index (χ2n) is 5.95. The largest absolute Gasteiger partial charge is 0.493 e. The van der Waals surface area contributed by atoms with Gasteiger partial charge in [-0.05, 0) is 17.5 Å². The van der Waals surface area contributed by atoms with Gasteiger partial charge in [-0.1, -0.05) is 20.8 Å². The van der Waals surface area contributed by atoms with Crippen LogP contribution in [0.25, 0.3) is 0 Å². The van der Waals surface area contributed by atoms with E-state index in [9.17, 15) is 18.5 Å². The van der Waals surface area contributed by atoms with Gasteiger partial charge in [-0.15, -0.1) is 0 Å². The minimum Gasteiger partial charge on any atom is -0.493 e. The second kappa shape index (κ2) is 6.40. The Bertz CT molecular complexity index is 590. The third-order valence-electron chi connectivity index (χ3n) is 3.16. The Morgan fingerprint density at radius 2 is 1.81 bits per heavy atom. The summed E-state index contributed by atoms with van der Waals surface area (Å²) in [6.45, 7) is 5.88. The van der Waals surface area contributed by atoms with Crippen LogP contribution in [-0.4, -0.2) is 25.7 Å². The van der Waals surface area contributed by atoms with Gasteiger partial charge in [0.2, 0.25) is 10.0 Å². The highest BCUT2D eigenvalue weighted by Gasteiger charge is 2.29. The zero-order chi connectivity index (χ0) is 16.3. The first kappa shape index (κ1) is 17.4. The van der Waals surface area contributed by atoms with Crippen molar-refractivity contribution in [2.75, 3.05) is 12.4 Å². The first-order valence-electron chi connectivity index (χ1n) is 6.37. The van der Waals surface area contributed by atoms with E-state index in [1.807, 2.05) is 20.8 Å². The summed E-state index contributed by atoms with van der Waals surface area (Å²) in [5.41, 5.74) is -0.327. The fourth-order valence-electron chi connectivity index (χ4n) is 1.69. The van der Waals surface area contributed by atoms with Crippen LogP contribution < -0.4 is 9.88 Å². The number of sulfonamides is 1. The lowest BCUT2D eigenvalue weighted by atomic mass is 9.82. The highest BCUT2D eigenvalue weighted by molar-refractivity contribution is 7.89. The topological polar surface area (TPSA) is 113 Å². The molecule has 0 bridgehead atoms. The number of rotatable bonds is 6. The molecular formula is C13H20N2O5S. The lowest BCUT2D eigenvalue weighted by Crippen LogP contribution is -2.35. The van der Waals surface area contributed by atoms with Crippen molar-refractivity contribution in [3.8, 4) is 5.75 Å². The molecule has 1 unspecified atom stereocenters. The van der Waals surface area contributed by atoms with E-state index < -0.39 is 14.9 Å². The molecule has 0 saturated carbocycles. The molecule has 0 aliphatic heterocycles. The van der Waals surface area contributed by atoms with E-state index in [-0.39, 0.29) is 29.4 Å². The van der Waals surface area contributed by atoms with Gasteiger partial charge in [-0.2, -0.15) is 0 Å². The molecule has 0 fully saturated rings. The summed E-state index contributed by atoms with van der Waals surface area (Å²) in [7, 11) is -3.60. The van der Waals surface area contributed by atoms with Gasteiger partial charge >= 0.3 is 0 Å². The average molecular weight is 316 g/mol. The summed E-state index contributed by atoms with van der Waals surface area (Å²) in [4.78, 5) is 10.1. The zero-order valence-corrected chi connectivity index (χ0v) is 13.1. The lowest BCUT2D eigenvalue weighted by Gasteiger charge is -2.29. The maximum atomic E-state index is 11.3. The highest BCUT2D eigenvalue weighted by atomic mass is 32.2. The van der Waals surface area contributed by atoms with Crippen LogP contribution in [0.1, 0.15) is 20.8 Å². The normalized spacial score (nSPS) is 13.7. The van der Waals surface area contributed by atoms with Gasteiger partial charge in [-0.25, -0.2) is 13.6 Å². The maximum absolute atomic E-state index is 11.3. The molecule has 0 aliphatic carbocycles. The van der Waals surface area contributed by atoms with Gasteiger partial charge in [0.25, 0.3) is 5.69 Å². The van der Waals surface area contributed by atoms with E-state index in [0.717, 1.165) is 0 Å². The molecule has 1 aromatic rings. The van der Waals surface area contributed by atoms with Crippen molar-refractivity contribution in [1.82, 2.24) is 0 Å². The molecule has 8 heteroatoms. The first-order valence-corrected chi connectivity index (χ1v) is 8.08. The number of non-ortho nitro benzene ring substituents is 1. The number of primary sulfonamides is 1. The van der Waals surface area contributed by atoms with Crippen LogP contribution >= 0.6 is 0 Å². The average Bonchev–Trinajstić information content (AvgIpc) is 2.32. The summed E-state index contributed by atoms with van der Waals surface area (Å²) in [6, 6.07) is 5.63. The molecule has 7 nitrogen and oxygen atoms in total. The molecule has 0 amide bonds. The fourth-order valence-corrected chi connectivity index (χ4v) is 2.85. The van der Waals surface area contributed by atoms with Gasteiger partial charge in [0.05, 0.1) is 17.3 Å². The van der Waals surface area contributed by atoms with E-state index in [1.165, 1.54) is 24.3 Å². The minimum absolute atomic E-state index is 0.0285. The molecule has 0 radical (unpaired) electrons. The molecule has 0 saturated heterocycles. The van der Waals surface area contributed by atoms with Crippen molar-refractivity contribution in [3.05, 3.63) is 34.4 Å². The summed E-state index contributed by atoms with van der Waals surface area (Å²) in [5.74, 6) is -0.0179. The van der Waals surface area contributed by atoms with E-state index in [1.54, 1.807) is 0 Å². The van der Waals surface area contributed by atoms with Crippen LogP contribution in [0, 0.1) is 21.4 Å². The summed E-state index contributed by atoms with van der Waals surface area (Å²) < 4.78 is 28.1. The van der Waals surface area contributed by atoms with Gasteiger partial charge in [0.15, 0.2) is 0 Å². The summed E-state index contributed by atoms with van der Waals surface area (Å²) in [6.07, 6.45) is 0. The Balaban J connectivity index is 2.75. The molecule has 2 N–H and O–H groups in total. The molecular weight excluding hydrogens is 296 g/mol. The second-order valence-corrected chi connectivity index (χ2v) is 7.61. The summed E-state index contributed by atoms with van der Waals surface area (Å²) >= 11 is 0. The third-order valence-corrected chi connectivity index (χ3v) is 4.02. The van der Waals surface area contributed by atoms with Gasteiger partial charge in [0.1, 0.15) is 5.75 Å². The van der Waals surface area contributed by atoms with Gasteiger partial charge < -0.3 is 4.74 Å². The number of hydrogen-bond donors (Lipinski definition) is 1. The number of nitro groups is 1. The molecule has 21 heavy (non-hydrogen) atoms. The molecule has 1 rings (SSSR count). The molecule has 0 spiro atoms. The van der Waals surface area contributed by atoms with Crippen LogP contribution in [0.15, 0.2) is 24.3 Å². The Kier molecular flexibility index (Phi) is 5.30. The molecule has 1 aromatic carbocycles. The number of hydrogen-bond acceptors (Lipinski definition) is 5. The van der Waals surface area contributed by atoms with E-state index in [2.05, 4.69) is 0 Å². The maximum Gasteiger partial charge on any atom is 0.269 e. The number of ether oxygens (including phenoxy) is 1. The number of benzene rings is 1. The number of nitrogens with two attached hydrogens (primary N) is 1. The van der Waals surface area contributed by atoms with Crippen LogP contribution in [0.4, 0.5) is 5.69 Å².